The van der Waals surface area contributed by atoms with Gasteiger partial charge in [0, 0.05) is 31.1 Å². The molecular formula is C14H20ClN3O3. The molecule has 0 bridgehead atoms. The number of carbonyl (C=O) groups is 1. The Kier molecular flexibility index (Phi) is 6.35. The lowest BCUT2D eigenvalue weighted by Crippen LogP contribution is -2.38. The lowest BCUT2D eigenvalue weighted by Gasteiger charge is -2.32. The molecule has 1 aromatic heterocycles. The summed E-state index contributed by atoms with van der Waals surface area (Å²) in [5, 5.41) is 0. The second-order valence-corrected chi connectivity index (χ2v) is 5.37. The molecular weight excluding hydrogens is 294 g/mol. The highest BCUT2D eigenvalue weighted by molar-refractivity contribution is 6.24. The minimum atomic E-state index is -0.275. The van der Waals surface area contributed by atoms with Crippen LogP contribution in [0.5, 0.6) is 0 Å². The number of carbonyl (C=O) groups excluding carboxylic acids is 1. The Hall–Kier alpha value is -1.24. The van der Waals surface area contributed by atoms with E-state index in [1.54, 1.807) is 13.2 Å². The molecule has 1 saturated carbocycles. The molecule has 0 radical (unpaired) electrons. The number of amides is 1. The number of hydrogen-bond acceptors (Lipinski definition) is 5. The van der Waals surface area contributed by atoms with Crippen molar-refractivity contribution in [3.8, 4) is 0 Å². The number of rotatable bonds is 6. The fourth-order valence-corrected chi connectivity index (χ4v) is 2.71. The average molecular weight is 314 g/mol. The first-order valence-corrected chi connectivity index (χ1v) is 7.42. The summed E-state index contributed by atoms with van der Waals surface area (Å²) < 4.78 is 11.9. The molecule has 1 heterocycles. The van der Waals surface area contributed by atoms with E-state index in [4.69, 9.17) is 21.3 Å². The molecule has 7 heteroatoms. The lowest BCUT2D eigenvalue weighted by molar-refractivity contribution is -0.00799. The number of halogens is 1. The van der Waals surface area contributed by atoms with E-state index in [0.717, 1.165) is 25.7 Å². The molecule has 0 spiro atoms. The van der Waals surface area contributed by atoms with Gasteiger partial charge in [-0.05, 0) is 31.7 Å². The Morgan fingerprint density at radius 1 is 1.38 bits per heavy atom. The first-order valence-electron chi connectivity index (χ1n) is 7.08. The van der Waals surface area contributed by atoms with Gasteiger partial charge in [0.1, 0.15) is 12.0 Å². The third-order valence-corrected chi connectivity index (χ3v) is 4.03. The monoisotopic (exact) mass is 313 g/mol. The maximum atomic E-state index is 12.2. The van der Waals surface area contributed by atoms with Gasteiger partial charge in [-0.2, -0.15) is 0 Å². The predicted octanol–water partition coefficient (Wildman–Crippen LogP) is 2.05. The molecule has 1 aliphatic rings. The molecule has 0 aliphatic heterocycles. The normalized spacial score (nSPS) is 22.0. The van der Waals surface area contributed by atoms with Gasteiger partial charge in [0.15, 0.2) is 0 Å². The van der Waals surface area contributed by atoms with Crippen LogP contribution in [0.2, 0.25) is 0 Å². The molecule has 21 heavy (non-hydrogen) atoms. The molecule has 1 aromatic rings. The van der Waals surface area contributed by atoms with Gasteiger partial charge in [-0.15, -0.1) is 0 Å². The van der Waals surface area contributed by atoms with Crippen molar-refractivity contribution in [3.05, 3.63) is 24.3 Å². The van der Waals surface area contributed by atoms with Crippen LogP contribution in [0.3, 0.4) is 0 Å². The summed E-state index contributed by atoms with van der Waals surface area (Å²) in [5.41, 5.74) is 0.318. The molecule has 0 aromatic carbocycles. The zero-order chi connectivity index (χ0) is 15.1. The third kappa shape index (κ3) is 4.62. The summed E-state index contributed by atoms with van der Waals surface area (Å²) in [7, 11) is 1.66. The fraction of sp³-hybridized carbons (Fsp3) is 0.643. The minimum absolute atomic E-state index is 0.0245. The van der Waals surface area contributed by atoms with Crippen LogP contribution >= 0.6 is 11.8 Å². The molecule has 0 atom stereocenters. The quantitative estimate of drug-likeness (QED) is 0.594. The van der Waals surface area contributed by atoms with Crippen molar-refractivity contribution in [2.24, 2.45) is 0 Å². The SMILES string of the molecule is COCCOC1CCC(N(Cl)C(=O)c2ccncn2)CC1. The summed E-state index contributed by atoms with van der Waals surface area (Å²) in [5.74, 6) is -0.275. The fourth-order valence-electron chi connectivity index (χ4n) is 2.43. The molecule has 0 N–H and O–H groups in total. The van der Waals surface area contributed by atoms with E-state index < -0.39 is 0 Å². The molecule has 0 saturated heterocycles. The first kappa shape index (κ1) is 16.1. The Morgan fingerprint density at radius 3 is 2.76 bits per heavy atom. The summed E-state index contributed by atoms with van der Waals surface area (Å²) in [6.45, 7) is 1.21. The summed E-state index contributed by atoms with van der Waals surface area (Å²) in [6.07, 6.45) is 6.57. The molecule has 1 fully saturated rings. The molecule has 2 rings (SSSR count). The predicted molar refractivity (Wildman–Crippen MR) is 77.9 cm³/mol. The van der Waals surface area contributed by atoms with E-state index >= 15 is 0 Å². The zero-order valence-corrected chi connectivity index (χ0v) is 12.8. The van der Waals surface area contributed by atoms with Gasteiger partial charge in [-0.1, -0.05) is 0 Å². The molecule has 116 valence electrons. The topological polar surface area (TPSA) is 64.6 Å². The van der Waals surface area contributed by atoms with Gasteiger partial charge < -0.3 is 9.47 Å². The first-order chi connectivity index (χ1) is 10.2. The van der Waals surface area contributed by atoms with E-state index in [1.165, 1.54) is 16.9 Å². The Balaban J connectivity index is 1.80. The highest BCUT2D eigenvalue weighted by atomic mass is 35.5. The standard InChI is InChI=1S/C14H20ClN3O3/c1-20-8-9-21-12-4-2-11(3-5-12)18(15)14(19)13-6-7-16-10-17-13/h6-7,10-12H,2-5,8-9H2,1H3. The summed E-state index contributed by atoms with van der Waals surface area (Å²) in [4.78, 5) is 19.9. The molecule has 0 unspecified atom stereocenters. The van der Waals surface area contributed by atoms with Crippen LogP contribution in [0.15, 0.2) is 18.6 Å². The highest BCUT2D eigenvalue weighted by Crippen LogP contribution is 2.27. The number of nitrogens with zero attached hydrogens (tertiary/aromatic N) is 3. The Bertz CT molecular complexity index is 438. The zero-order valence-electron chi connectivity index (χ0n) is 12.1. The van der Waals surface area contributed by atoms with Gasteiger partial charge in [0.2, 0.25) is 0 Å². The van der Waals surface area contributed by atoms with Gasteiger partial charge in [-0.25, -0.2) is 14.4 Å². The van der Waals surface area contributed by atoms with Gasteiger partial charge in [-0.3, -0.25) is 4.79 Å². The van der Waals surface area contributed by atoms with Crippen molar-refractivity contribution in [3.63, 3.8) is 0 Å². The second kappa shape index (κ2) is 8.26. The van der Waals surface area contributed by atoms with Gasteiger partial charge in [0.25, 0.3) is 5.91 Å². The van der Waals surface area contributed by atoms with Crippen LogP contribution in [0.4, 0.5) is 0 Å². The minimum Gasteiger partial charge on any atom is -0.382 e. The maximum absolute atomic E-state index is 12.2. The van der Waals surface area contributed by atoms with Crippen molar-refractivity contribution in [2.75, 3.05) is 20.3 Å². The summed E-state index contributed by atoms with van der Waals surface area (Å²) in [6, 6.07) is 1.59. The van der Waals surface area contributed by atoms with Crippen LogP contribution in [-0.4, -0.2) is 52.8 Å². The number of aromatic nitrogens is 2. The number of hydrogen-bond donors (Lipinski definition) is 0. The van der Waals surface area contributed by atoms with Gasteiger partial charge in [0.05, 0.1) is 19.3 Å². The third-order valence-electron chi connectivity index (χ3n) is 3.60. The van der Waals surface area contributed by atoms with Crippen LogP contribution < -0.4 is 0 Å². The van der Waals surface area contributed by atoms with Crippen LogP contribution in [-0.2, 0) is 9.47 Å². The van der Waals surface area contributed by atoms with Crippen molar-refractivity contribution >= 4 is 17.7 Å². The lowest BCUT2D eigenvalue weighted by atomic mass is 9.93. The van der Waals surface area contributed by atoms with E-state index in [-0.39, 0.29) is 18.1 Å². The maximum Gasteiger partial charge on any atom is 0.287 e. The van der Waals surface area contributed by atoms with Crippen molar-refractivity contribution in [2.45, 2.75) is 37.8 Å². The van der Waals surface area contributed by atoms with Gasteiger partial charge >= 0.3 is 0 Å². The van der Waals surface area contributed by atoms with E-state index in [0.29, 0.717) is 18.9 Å². The van der Waals surface area contributed by atoms with E-state index in [1.807, 2.05) is 0 Å². The largest absolute Gasteiger partial charge is 0.382 e. The van der Waals surface area contributed by atoms with E-state index in [9.17, 15) is 4.79 Å². The van der Waals surface area contributed by atoms with Crippen LogP contribution in [0, 0.1) is 0 Å². The van der Waals surface area contributed by atoms with Crippen molar-refractivity contribution in [1.82, 2.24) is 14.4 Å². The highest BCUT2D eigenvalue weighted by Gasteiger charge is 2.29. The van der Waals surface area contributed by atoms with Crippen molar-refractivity contribution < 1.29 is 14.3 Å². The smallest absolute Gasteiger partial charge is 0.287 e. The Morgan fingerprint density at radius 2 is 2.14 bits per heavy atom. The molecule has 6 nitrogen and oxygen atoms in total. The second-order valence-electron chi connectivity index (χ2n) is 5.01. The Labute approximate surface area is 129 Å². The van der Waals surface area contributed by atoms with E-state index in [2.05, 4.69) is 9.97 Å². The number of methoxy groups -OCH3 is 1. The molecule has 1 amide bonds. The van der Waals surface area contributed by atoms with Crippen LogP contribution in [0.1, 0.15) is 36.2 Å². The van der Waals surface area contributed by atoms with Crippen LogP contribution in [0.25, 0.3) is 0 Å². The molecule has 1 aliphatic carbocycles. The average Bonchev–Trinajstić information content (AvgIpc) is 2.55. The number of ether oxygens (including phenoxy) is 2. The van der Waals surface area contributed by atoms with Crippen molar-refractivity contribution in [1.29, 1.82) is 0 Å². The summed E-state index contributed by atoms with van der Waals surface area (Å²) >= 11 is 6.18.